The molecule has 0 spiro atoms. The maximum atomic E-state index is 11.6. The van der Waals surface area contributed by atoms with Crippen molar-refractivity contribution in [2.75, 3.05) is 26.2 Å². The van der Waals surface area contributed by atoms with Crippen LogP contribution in [-0.4, -0.2) is 42.9 Å². The molecule has 0 bridgehead atoms. The minimum Gasteiger partial charge on any atom is -0.370 e. The second-order valence-corrected chi connectivity index (χ2v) is 4.04. The minimum absolute atomic E-state index is 0.0132. The largest absolute Gasteiger partial charge is 0.370 e. The average molecular weight is 228 g/mol. The summed E-state index contributed by atoms with van der Waals surface area (Å²) in [5.74, 6) is 0.862. The zero-order valence-corrected chi connectivity index (χ0v) is 10.8. The van der Waals surface area contributed by atoms with E-state index >= 15 is 0 Å². The van der Waals surface area contributed by atoms with Crippen molar-refractivity contribution < 1.29 is 4.79 Å². The zero-order valence-electron chi connectivity index (χ0n) is 10.8. The van der Waals surface area contributed by atoms with E-state index in [0.29, 0.717) is 25.0 Å². The Hall–Kier alpha value is -1.26. The molecule has 0 atom stereocenters. The molecule has 0 unspecified atom stereocenters. The van der Waals surface area contributed by atoms with Gasteiger partial charge >= 0.3 is 0 Å². The highest BCUT2D eigenvalue weighted by Gasteiger charge is 2.08. The van der Waals surface area contributed by atoms with Crippen LogP contribution in [0.2, 0.25) is 0 Å². The summed E-state index contributed by atoms with van der Waals surface area (Å²) in [5.41, 5.74) is 5.62. The molecule has 3 N–H and O–H groups in total. The fraction of sp³-hybridized carbons (Fsp3) is 0.818. The number of guanidine groups is 1. The van der Waals surface area contributed by atoms with Gasteiger partial charge in [0, 0.05) is 19.6 Å². The van der Waals surface area contributed by atoms with Crippen molar-refractivity contribution in [1.82, 2.24) is 10.2 Å². The van der Waals surface area contributed by atoms with Crippen LogP contribution in [0.25, 0.3) is 0 Å². The monoisotopic (exact) mass is 228 g/mol. The van der Waals surface area contributed by atoms with Gasteiger partial charge in [-0.05, 0) is 19.8 Å². The quantitative estimate of drug-likeness (QED) is 0.511. The van der Waals surface area contributed by atoms with Crippen LogP contribution in [0.15, 0.2) is 4.99 Å². The van der Waals surface area contributed by atoms with Gasteiger partial charge in [-0.1, -0.05) is 13.8 Å². The summed E-state index contributed by atoms with van der Waals surface area (Å²) in [5, 5.41) is 2.97. The van der Waals surface area contributed by atoms with E-state index in [0.717, 1.165) is 6.54 Å². The molecule has 0 saturated heterocycles. The maximum Gasteiger partial charge on any atom is 0.244 e. The molecular formula is C11H24N4O. The van der Waals surface area contributed by atoms with Crippen LogP contribution in [0.5, 0.6) is 0 Å². The van der Waals surface area contributed by atoms with E-state index in [-0.39, 0.29) is 12.5 Å². The van der Waals surface area contributed by atoms with Crippen LogP contribution < -0.4 is 11.1 Å². The molecule has 16 heavy (non-hydrogen) atoms. The lowest BCUT2D eigenvalue weighted by Gasteiger charge is -2.17. The van der Waals surface area contributed by atoms with Gasteiger partial charge in [-0.25, -0.2) is 4.99 Å². The average Bonchev–Trinajstić information content (AvgIpc) is 2.25. The van der Waals surface area contributed by atoms with Gasteiger partial charge in [-0.3, -0.25) is 4.79 Å². The molecular weight excluding hydrogens is 204 g/mol. The third-order valence-corrected chi connectivity index (χ3v) is 2.19. The van der Waals surface area contributed by atoms with E-state index < -0.39 is 0 Å². The minimum atomic E-state index is 0.0132. The molecule has 1 amide bonds. The summed E-state index contributed by atoms with van der Waals surface area (Å²) < 4.78 is 0. The standard InChI is InChI=1S/C11H24N4O/c1-5-15(6-2)10(16)8-14-11(12)13-7-9(3)4/h9H,5-8H2,1-4H3,(H3,12,13,14). The Morgan fingerprint density at radius 1 is 1.38 bits per heavy atom. The Morgan fingerprint density at radius 2 is 1.94 bits per heavy atom. The molecule has 0 aromatic carbocycles. The Kier molecular flexibility index (Phi) is 7.33. The van der Waals surface area contributed by atoms with Crippen LogP contribution in [0.4, 0.5) is 0 Å². The lowest BCUT2D eigenvalue weighted by Crippen LogP contribution is -2.37. The van der Waals surface area contributed by atoms with Crippen molar-refractivity contribution in [2.24, 2.45) is 16.6 Å². The number of carbonyl (C=O) groups excluding carboxylic acids is 1. The molecule has 0 aromatic rings. The first-order valence-electron chi connectivity index (χ1n) is 5.82. The van der Waals surface area contributed by atoms with E-state index in [2.05, 4.69) is 24.2 Å². The Morgan fingerprint density at radius 3 is 2.38 bits per heavy atom. The smallest absolute Gasteiger partial charge is 0.244 e. The Balaban J connectivity index is 4.00. The van der Waals surface area contributed by atoms with E-state index in [1.807, 2.05) is 13.8 Å². The molecule has 0 rings (SSSR count). The molecule has 0 heterocycles. The molecule has 0 radical (unpaired) electrons. The lowest BCUT2D eigenvalue weighted by molar-refractivity contribution is -0.129. The number of hydrogen-bond acceptors (Lipinski definition) is 2. The molecule has 0 aliphatic heterocycles. The predicted molar refractivity (Wildman–Crippen MR) is 67.3 cm³/mol. The lowest BCUT2D eigenvalue weighted by atomic mass is 10.2. The van der Waals surface area contributed by atoms with Crippen molar-refractivity contribution in [3.63, 3.8) is 0 Å². The summed E-state index contributed by atoms with van der Waals surface area (Å²) in [6.07, 6.45) is 0. The second kappa shape index (κ2) is 7.96. The molecule has 0 aromatic heterocycles. The Labute approximate surface area is 98.1 Å². The summed E-state index contributed by atoms with van der Waals surface area (Å²) >= 11 is 0. The predicted octanol–water partition coefficient (Wildman–Crippen LogP) is 0.415. The summed E-state index contributed by atoms with van der Waals surface area (Å²) in [7, 11) is 0. The van der Waals surface area contributed by atoms with Gasteiger partial charge in [-0.15, -0.1) is 0 Å². The summed E-state index contributed by atoms with van der Waals surface area (Å²) in [6, 6.07) is 0. The molecule has 0 fully saturated rings. The van der Waals surface area contributed by atoms with Crippen molar-refractivity contribution >= 4 is 11.9 Å². The van der Waals surface area contributed by atoms with Crippen molar-refractivity contribution in [2.45, 2.75) is 27.7 Å². The summed E-state index contributed by atoms with van der Waals surface area (Å²) in [6.45, 7) is 10.4. The highest BCUT2D eigenvalue weighted by atomic mass is 16.2. The van der Waals surface area contributed by atoms with Crippen LogP contribution >= 0.6 is 0 Å². The number of carbonyl (C=O) groups is 1. The zero-order chi connectivity index (χ0) is 12.6. The number of nitrogens with one attached hydrogen (secondary N) is 1. The number of aliphatic imine (C=N–C) groups is 1. The number of amides is 1. The first kappa shape index (κ1) is 14.7. The van der Waals surface area contributed by atoms with E-state index in [1.165, 1.54) is 0 Å². The maximum absolute atomic E-state index is 11.6. The number of nitrogens with two attached hydrogens (primary N) is 1. The number of rotatable bonds is 6. The van der Waals surface area contributed by atoms with Gasteiger partial charge in [0.05, 0.1) is 0 Å². The Bertz CT molecular complexity index is 234. The number of likely N-dealkylation sites (N-methyl/N-ethyl adjacent to an activating group) is 1. The molecule has 0 aliphatic carbocycles. The van der Waals surface area contributed by atoms with Gasteiger partial charge in [0.1, 0.15) is 6.54 Å². The normalized spacial score (nSPS) is 11.7. The summed E-state index contributed by atoms with van der Waals surface area (Å²) in [4.78, 5) is 17.3. The highest BCUT2D eigenvalue weighted by Crippen LogP contribution is 1.90. The number of hydrogen-bond donors (Lipinski definition) is 2. The molecule has 0 saturated carbocycles. The van der Waals surface area contributed by atoms with Gasteiger partial charge in [-0.2, -0.15) is 0 Å². The van der Waals surface area contributed by atoms with Crippen molar-refractivity contribution in [3.8, 4) is 0 Å². The second-order valence-electron chi connectivity index (χ2n) is 4.04. The van der Waals surface area contributed by atoms with E-state index in [9.17, 15) is 4.79 Å². The van der Waals surface area contributed by atoms with E-state index in [1.54, 1.807) is 4.90 Å². The third-order valence-electron chi connectivity index (χ3n) is 2.19. The van der Waals surface area contributed by atoms with Gasteiger partial charge in [0.2, 0.25) is 5.91 Å². The molecule has 0 aliphatic rings. The molecule has 5 heteroatoms. The fourth-order valence-electron chi connectivity index (χ4n) is 1.19. The third kappa shape index (κ3) is 6.27. The van der Waals surface area contributed by atoms with Crippen molar-refractivity contribution in [1.29, 1.82) is 0 Å². The van der Waals surface area contributed by atoms with Gasteiger partial charge in [0.25, 0.3) is 0 Å². The fourth-order valence-corrected chi connectivity index (χ4v) is 1.19. The number of nitrogens with zero attached hydrogens (tertiary/aromatic N) is 2. The van der Waals surface area contributed by atoms with Crippen LogP contribution in [0.1, 0.15) is 27.7 Å². The van der Waals surface area contributed by atoms with Crippen molar-refractivity contribution in [3.05, 3.63) is 0 Å². The molecule has 94 valence electrons. The van der Waals surface area contributed by atoms with Crippen LogP contribution in [0.3, 0.4) is 0 Å². The van der Waals surface area contributed by atoms with Gasteiger partial charge < -0.3 is 16.0 Å². The SMILES string of the molecule is CCN(CC)C(=O)CN=C(N)NCC(C)C. The van der Waals surface area contributed by atoms with Crippen LogP contribution in [0, 0.1) is 5.92 Å². The molecule has 5 nitrogen and oxygen atoms in total. The van der Waals surface area contributed by atoms with Crippen LogP contribution in [-0.2, 0) is 4.79 Å². The first-order chi connectivity index (χ1) is 7.51. The topological polar surface area (TPSA) is 70.7 Å². The van der Waals surface area contributed by atoms with E-state index in [4.69, 9.17) is 5.73 Å². The highest BCUT2D eigenvalue weighted by molar-refractivity contribution is 5.83. The van der Waals surface area contributed by atoms with Gasteiger partial charge in [0.15, 0.2) is 5.96 Å². The first-order valence-corrected chi connectivity index (χ1v) is 5.82.